The largest absolute Gasteiger partial charge is 0.418 e. The molecule has 27 heavy (non-hydrogen) atoms. The van der Waals surface area contributed by atoms with E-state index in [0.29, 0.717) is 17.5 Å². The number of hydrogen-bond donors (Lipinski definition) is 1. The van der Waals surface area contributed by atoms with Crippen molar-refractivity contribution in [2.75, 3.05) is 5.32 Å². The van der Waals surface area contributed by atoms with Gasteiger partial charge in [-0.25, -0.2) is 0 Å². The quantitative estimate of drug-likeness (QED) is 0.380. The SMILES string of the molecule is O=[N+]([O-])c1cc([C@@H]2Nc3c(cccc3C(F)(F)F)[C@@H]3C=CC[C@@H]32)ccc1Cl. The lowest BCUT2D eigenvalue weighted by atomic mass is 9.76. The van der Waals surface area contributed by atoms with Crippen LogP contribution in [-0.4, -0.2) is 4.92 Å². The van der Waals surface area contributed by atoms with Crippen LogP contribution in [0.3, 0.4) is 0 Å². The summed E-state index contributed by atoms with van der Waals surface area (Å²) in [5, 5.41) is 14.2. The van der Waals surface area contributed by atoms with Gasteiger partial charge >= 0.3 is 6.18 Å². The Bertz CT molecular complexity index is 958. The molecule has 8 heteroatoms. The van der Waals surface area contributed by atoms with Crippen molar-refractivity contribution in [1.82, 2.24) is 0 Å². The summed E-state index contributed by atoms with van der Waals surface area (Å²) in [7, 11) is 0. The zero-order valence-corrected chi connectivity index (χ0v) is 14.6. The van der Waals surface area contributed by atoms with Gasteiger partial charge in [0.2, 0.25) is 0 Å². The van der Waals surface area contributed by atoms with Gasteiger partial charge in [0.1, 0.15) is 5.02 Å². The fourth-order valence-corrected chi connectivity index (χ4v) is 4.24. The Hall–Kier alpha value is -2.54. The number of nitrogens with one attached hydrogen (secondary N) is 1. The predicted molar refractivity (Wildman–Crippen MR) is 95.9 cm³/mol. The Balaban J connectivity index is 1.84. The van der Waals surface area contributed by atoms with E-state index in [0.717, 1.165) is 6.07 Å². The number of allylic oxidation sites excluding steroid dienone is 2. The van der Waals surface area contributed by atoms with Gasteiger partial charge in [-0.15, -0.1) is 0 Å². The second-order valence-corrected chi connectivity index (χ2v) is 7.12. The average molecular weight is 395 g/mol. The third kappa shape index (κ3) is 2.96. The molecule has 0 radical (unpaired) electrons. The third-order valence-electron chi connectivity index (χ3n) is 5.23. The number of anilines is 1. The number of hydrogen-bond acceptors (Lipinski definition) is 3. The number of nitro benzene ring substituents is 1. The number of nitrogens with zero attached hydrogens (tertiary/aromatic N) is 1. The van der Waals surface area contributed by atoms with E-state index in [-0.39, 0.29) is 28.2 Å². The van der Waals surface area contributed by atoms with Gasteiger partial charge in [-0.1, -0.05) is 42.0 Å². The second kappa shape index (κ2) is 6.27. The fourth-order valence-electron chi connectivity index (χ4n) is 4.05. The minimum Gasteiger partial charge on any atom is -0.377 e. The van der Waals surface area contributed by atoms with Gasteiger partial charge in [0, 0.05) is 12.0 Å². The van der Waals surface area contributed by atoms with Crippen molar-refractivity contribution in [2.24, 2.45) is 5.92 Å². The lowest BCUT2D eigenvalue weighted by molar-refractivity contribution is -0.384. The zero-order chi connectivity index (χ0) is 19.3. The van der Waals surface area contributed by atoms with E-state index >= 15 is 0 Å². The summed E-state index contributed by atoms with van der Waals surface area (Å²) < 4.78 is 40.5. The second-order valence-electron chi connectivity index (χ2n) is 6.71. The van der Waals surface area contributed by atoms with E-state index in [9.17, 15) is 23.3 Å². The molecule has 0 amide bonds. The van der Waals surface area contributed by atoms with Gasteiger partial charge in [-0.2, -0.15) is 13.2 Å². The number of rotatable bonds is 2. The Labute approximate surface area is 157 Å². The van der Waals surface area contributed by atoms with E-state index in [1.807, 2.05) is 12.2 Å². The molecule has 140 valence electrons. The van der Waals surface area contributed by atoms with Crippen LogP contribution in [0.2, 0.25) is 5.02 Å². The van der Waals surface area contributed by atoms with Crippen molar-refractivity contribution in [2.45, 2.75) is 24.6 Å². The van der Waals surface area contributed by atoms with Gasteiger partial charge in [-0.3, -0.25) is 10.1 Å². The first-order valence-electron chi connectivity index (χ1n) is 8.34. The molecule has 1 aliphatic carbocycles. The lowest BCUT2D eigenvalue weighted by Gasteiger charge is -2.38. The summed E-state index contributed by atoms with van der Waals surface area (Å²) in [6, 6.07) is 8.06. The molecule has 2 aliphatic rings. The van der Waals surface area contributed by atoms with Crippen LogP contribution in [0, 0.1) is 16.0 Å². The van der Waals surface area contributed by atoms with Crippen molar-refractivity contribution in [1.29, 1.82) is 0 Å². The summed E-state index contributed by atoms with van der Waals surface area (Å²) in [6.07, 6.45) is 0.0457. The molecule has 0 saturated heterocycles. The zero-order valence-electron chi connectivity index (χ0n) is 13.8. The first-order valence-corrected chi connectivity index (χ1v) is 8.72. The van der Waals surface area contributed by atoms with Crippen LogP contribution in [0.5, 0.6) is 0 Å². The molecular weight excluding hydrogens is 381 g/mol. The molecule has 1 heterocycles. The number of para-hydroxylation sites is 1. The summed E-state index contributed by atoms with van der Waals surface area (Å²) in [5.74, 6) is -0.204. The first-order chi connectivity index (χ1) is 12.8. The van der Waals surface area contributed by atoms with Crippen LogP contribution in [0.1, 0.15) is 35.1 Å². The van der Waals surface area contributed by atoms with Crippen LogP contribution < -0.4 is 5.32 Å². The van der Waals surface area contributed by atoms with Gasteiger partial charge in [0.05, 0.1) is 22.2 Å². The molecule has 0 saturated carbocycles. The van der Waals surface area contributed by atoms with E-state index in [1.54, 1.807) is 12.1 Å². The molecule has 0 unspecified atom stereocenters. The van der Waals surface area contributed by atoms with Crippen LogP contribution in [0.4, 0.5) is 24.5 Å². The third-order valence-corrected chi connectivity index (χ3v) is 5.55. The normalized spacial score (nSPS) is 23.5. The van der Waals surface area contributed by atoms with E-state index in [2.05, 4.69) is 5.32 Å². The molecule has 1 aliphatic heterocycles. The maximum atomic E-state index is 13.5. The van der Waals surface area contributed by atoms with Gasteiger partial charge in [-0.05, 0) is 35.6 Å². The van der Waals surface area contributed by atoms with Crippen LogP contribution in [0.25, 0.3) is 0 Å². The van der Waals surface area contributed by atoms with Crippen molar-refractivity contribution in [3.05, 3.63) is 80.4 Å². The molecule has 2 aromatic carbocycles. The molecule has 1 N–H and O–H groups in total. The average Bonchev–Trinajstić information content (AvgIpc) is 3.10. The minimum absolute atomic E-state index is 0.00274. The van der Waals surface area contributed by atoms with Gasteiger partial charge in [0.25, 0.3) is 5.69 Å². The van der Waals surface area contributed by atoms with Crippen molar-refractivity contribution in [3.8, 4) is 0 Å². The van der Waals surface area contributed by atoms with Crippen LogP contribution in [0.15, 0.2) is 48.6 Å². The van der Waals surface area contributed by atoms with E-state index in [4.69, 9.17) is 11.6 Å². The maximum absolute atomic E-state index is 13.5. The summed E-state index contributed by atoms with van der Waals surface area (Å²) in [4.78, 5) is 10.6. The predicted octanol–water partition coefficient (Wildman–Crippen LogP) is 6.09. The highest BCUT2D eigenvalue weighted by atomic mass is 35.5. The molecule has 4 rings (SSSR count). The van der Waals surface area contributed by atoms with E-state index in [1.165, 1.54) is 18.2 Å². The first kappa shape index (κ1) is 17.9. The highest BCUT2D eigenvalue weighted by Crippen LogP contribution is 2.53. The monoisotopic (exact) mass is 394 g/mol. The number of halogens is 4. The van der Waals surface area contributed by atoms with Gasteiger partial charge < -0.3 is 5.32 Å². The molecule has 0 spiro atoms. The highest BCUT2D eigenvalue weighted by Gasteiger charge is 2.43. The molecule has 0 bridgehead atoms. The van der Waals surface area contributed by atoms with Gasteiger partial charge in [0.15, 0.2) is 0 Å². The summed E-state index contributed by atoms with van der Waals surface area (Å²) >= 11 is 5.88. The highest BCUT2D eigenvalue weighted by molar-refractivity contribution is 6.32. The van der Waals surface area contributed by atoms with Crippen molar-refractivity contribution < 1.29 is 18.1 Å². The van der Waals surface area contributed by atoms with Crippen molar-refractivity contribution >= 4 is 23.0 Å². The fraction of sp³-hybridized carbons (Fsp3) is 0.263. The summed E-state index contributed by atoms with van der Waals surface area (Å²) in [6.45, 7) is 0. The molecule has 0 aromatic heterocycles. The minimum atomic E-state index is -4.50. The molecule has 3 atom stereocenters. The molecule has 0 fully saturated rings. The Kier molecular flexibility index (Phi) is 4.14. The standard InChI is InChI=1S/C19H14ClF3N2O2/c20-15-8-7-10(9-16(15)25(26)27)17-12-4-1-3-11(12)13-5-2-6-14(18(13)24-17)19(21,22)23/h1-3,5-9,11-12,17,24H,4H2/t11-,12+,17+/m1/s1. The Morgan fingerprint density at radius 3 is 2.70 bits per heavy atom. The lowest BCUT2D eigenvalue weighted by Crippen LogP contribution is -2.30. The molecule has 2 aromatic rings. The summed E-state index contributed by atoms with van der Waals surface area (Å²) in [5.41, 5.74) is 0.205. The molecule has 4 nitrogen and oxygen atoms in total. The smallest absolute Gasteiger partial charge is 0.377 e. The Morgan fingerprint density at radius 2 is 2.00 bits per heavy atom. The molecular formula is C19H14ClF3N2O2. The van der Waals surface area contributed by atoms with Crippen molar-refractivity contribution in [3.63, 3.8) is 0 Å². The topological polar surface area (TPSA) is 55.2 Å². The number of benzene rings is 2. The Morgan fingerprint density at radius 1 is 1.22 bits per heavy atom. The van der Waals surface area contributed by atoms with Crippen LogP contribution in [-0.2, 0) is 6.18 Å². The number of fused-ring (bicyclic) bond motifs is 3. The number of nitro groups is 1. The van der Waals surface area contributed by atoms with E-state index < -0.39 is 22.7 Å². The maximum Gasteiger partial charge on any atom is 0.418 e. The number of alkyl halides is 3. The van der Waals surface area contributed by atoms with Crippen LogP contribution >= 0.6 is 11.6 Å².